The van der Waals surface area contributed by atoms with Gasteiger partial charge in [0.15, 0.2) is 0 Å². The summed E-state index contributed by atoms with van der Waals surface area (Å²) in [6.07, 6.45) is 2.82. The van der Waals surface area contributed by atoms with Crippen molar-refractivity contribution in [2.45, 2.75) is 52.7 Å². The van der Waals surface area contributed by atoms with Crippen molar-refractivity contribution in [2.24, 2.45) is 5.41 Å². The lowest BCUT2D eigenvalue weighted by atomic mass is 9.83. The molecule has 23 heavy (non-hydrogen) atoms. The van der Waals surface area contributed by atoms with Crippen molar-refractivity contribution in [1.29, 1.82) is 0 Å². The maximum Gasteiger partial charge on any atom is 0.247 e. The van der Waals surface area contributed by atoms with Gasteiger partial charge in [-0.1, -0.05) is 32.4 Å². The first-order valence-corrected chi connectivity index (χ1v) is 9.25. The SMILES string of the molecule is COCn1nc(C)c(S(=O)(=O)N2CC=C(C(C)(C)C)CC2)c1C. The molecule has 0 saturated carbocycles. The van der Waals surface area contributed by atoms with Gasteiger partial charge in [0.05, 0.1) is 11.4 Å². The summed E-state index contributed by atoms with van der Waals surface area (Å²) in [6, 6.07) is 0. The minimum Gasteiger partial charge on any atom is -0.362 e. The Labute approximate surface area is 139 Å². The second kappa shape index (κ2) is 6.37. The molecule has 1 aliphatic heterocycles. The van der Waals surface area contributed by atoms with Crippen LogP contribution in [0.4, 0.5) is 0 Å². The van der Waals surface area contributed by atoms with Gasteiger partial charge in [-0.3, -0.25) is 0 Å². The van der Waals surface area contributed by atoms with Crippen molar-refractivity contribution in [3.8, 4) is 0 Å². The molecule has 7 heteroatoms. The van der Waals surface area contributed by atoms with Gasteiger partial charge in [0.1, 0.15) is 11.6 Å². The Balaban J connectivity index is 2.33. The fraction of sp³-hybridized carbons (Fsp3) is 0.688. The molecule has 1 aromatic heterocycles. The maximum absolute atomic E-state index is 13.0. The minimum atomic E-state index is -3.54. The molecule has 6 nitrogen and oxygen atoms in total. The average Bonchev–Trinajstić information content (AvgIpc) is 2.73. The second-order valence-corrected chi connectivity index (χ2v) is 8.88. The average molecular weight is 341 g/mol. The third-order valence-corrected chi connectivity index (χ3v) is 6.42. The molecule has 0 radical (unpaired) electrons. The zero-order valence-corrected chi connectivity index (χ0v) is 15.7. The molecule has 0 fully saturated rings. The summed E-state index contributed by atoms with van der Waals surface area (Å²) in [7, 11) is -1.98. The Morgan fingerprint density at radius 2 is 1.96 bits per heavy atom. The monoisotopic (exact) mass is 341 g/mol. The number of hydrogen-bond donors (Lipinski definition) is 0. The molecule has 0 amide bonds. The summed E-state index contributed by atoms with van der Waals surface area (Å²) >= 11 is 0. The summed E-state index contributed by atoms with van der Waals surface area (Å²) in [5.41, 5.74) is 2.54. The lowest BCUT2D eigenvalue weighted by Crippen LogP contribution is -2.36. The standard InChI is InChI=1S/C16H27N3O3S/c1-12-15(13(2)19(17-12)11-22-6)23(20,21)18-9-7-14(8-10-18)16(3,4)5/h7H,8-11H2,1-6H3. The molecule has 0 unspecified atom stereocenters. The van der Waals surface area contributed by atoms with Crippen LogP contribution in [0.25, 0.3) is 0 Å². The van der Waals surface area contributed by atoms with Gasteiger partial charge in [-0.25, -0.2) is 13.1 Å². The predicted octanol–water partition coefficient (Wildman–Crippen LogP) is 2.47. The minimum absolute atomic E-state index is 0.0883. The zero-order chi connectivity index (χ0) is 17.4. The number of rotatable bonds is 4. The highest BCUT2D eigenvalue weighted by atomic mass is 32.2. The Morgan fingerprint density at radius 3 is 2.43 bits per heavy atom. The van der Waals surface area contributed by atoms with E-state index in [0.717, 1.165) is 6.42 Å². The van der Waals surface area contributed by atoms with Crippen LogP contribution in [-0.2, 0) is 21.5 Å². The summed E-state index contributed by atoms with van der Waals surface area (Å²) in [6.45, 7) is 11.2. The molecule has 1 aromatic rings. The molecular weight excluding hydrogens is 314 g/mol. The van der Waals surface area contributed by atoms with Crippen LogP contribution in [0.2, 0.25) is 0 Å². The van der Waals surface area contributed by atoms with E-state index in [1.54, 1.807) is 25.6 Å². The number of nitrogens with zero attached hydrogens (tertiary/aromatic N) is 3. The van der Waals surface area contributed by atoms with Gasteiger partial charge in [0, 0.05) is 20.2 Å². The van der Waals surface area contributed by atoms with Crippen molar-refractivity contribution in [3.05, 3.63) is 23.0 Å². The lowest BCUT2D eigenvalue weighted by Gasteiger charge is -2.31. The van der Waals surface area contributed by atoms with Crippen molar-refractivity contribution in [1.82, 2.24) is 14.1 Å². The van der Waals surface area contributed by atoms with Gasteiger partial charge in [-0.2, -0.15) is 9.40 Å². The molecule has 0 aliphatic carbocycles. The van der Waals surface area contributed by atoms with Crippen LogP contribution in [0.3, 0.4) is 0 Å². The molecule has 0 saturated heterocycles. The highest BCUT2D eigenvalue weighted by molar-refractivity contribution is 7.89. The Morgan fingerprint density at radius 1 is 1.30 bits per heavy atom. The lowest BCUT2D eigenvalue weighted by molar-refractivity contribution is 0.118. The topological polar surface area (TPSA) is 64.4 Å². The first kappa shape index (κ1) is 18.2. The number of sulfonamides is 1. The van der Waals surface area contributed by atoms with Gasteiger partial charge in [-0.15, -0.1) is 0 Å². The van der Waals surface area contributed by atoms with E-state index in [4.69, 9.17) is 4.74 Å². The van der Waals surface area contributed by atoms with Crippen LogP contribution in [0.5, 0.6) is 0 Å². The molecular formula is C16H27N3O3S. The maximum atomic E-state index is 13.0. The van der Waals surface area contributed by atoms with E-state index in [-0.39, 0.29) is 12.1 Å². The molecule has 2 heterocycles. The van der Waals surface area contributed by atoms with Crippen LogP contribution in [0.1, 0.15) is 38.6 Å². The number of hydrogen-bond acceptors (Lipinski definition) is 4. The fourth-order valence-electron chi connectivity index (χ4n) is 2.98. The fourth-order valence-corrected chi connectivity index (χ4v) is 4.73. The molecule has 0 N–H and O–H groups in total. The van der Waals surface area contributed by atoms with Crippen LogP contribution in [0.15, 0.2) is 16.5 Å². The largest absolute Gasteiger partial charge is 0.362 e. The van der Waals surface area contributed by atoms with E-state index >= 15 is 0 Å². The Kier molecular flexibility index (Phi) is 5.03. The third-order valence-electron chi connectivity index (χ3n) is 4.30. The van der Waals surface area contributed by atoms with E-state index in [0.29, 0.717) is 29.4 Å². The second-order valence-electron chi connectivity index (χ2n) is 7.01. The van der Waals surface area contributed by atoms with Gasteiger partial charge < -0.3 is 4.74 Å². The van der Waals surface area contributed by atoms with Crippen molar-refractivity contribution in [3.63, 3.8) is 0 Å². The molecule has 1 aliphatic rings. The number of aromatic nitrogens is 2. The molecule has 0 spiro atoms. The Bertz CT molecular complexity index is 712. The van der Waals surface area contributed by atoms with Crippen molar-refractivity contribution >= 4 is 10.0 Å². The highest BCUT2D eigenvalue weighted by Crippen LogP contribution is 2.32. The first-order chi connectivity index (χ1) is 10.6. The molecule has 2 rings (SSSR count). The zero-order valence-electron chi connectivity index (χ0n) is 14.9. The highest BCUT2D eigenvalue weighted by Gasteiger charge is 2.33. The number of methoxy groups -OCH3 is 1. The summed E-state index contributed by atoms with van der Waals surface area (Å²) < 4.78 is 34.2. The van der Waals surface area contributed by atoms with Gasteiger partial charge >= 0.3 is 0 Å². The van der Waals surface area contributed by atoms with Crippen LogP contribution in [0, 0.1) is 19.3 Å². The van der Waals surface area contributed by atoms with Crippen LogP contribution < -0.4 is 0 Å². The van der Waals surface area contributed by atoms with E-state index in [9.17, 15) is 8.42 Å². The normalized spacial score (nSPS) is 17.4. The van der Waals surface area contributed by atoms with Gasteiger partial charge in [0.2, 0.25) is 10.0 Å². The van der Waals surface area contributed by atoms with Crippen molar-refractivity contribution < 1.29 is 13.2 Å². The molecule has 0 bridgehead atoms. The molecule has 130 valence electrons. The number of aryl methyl sites for hydroxylation is 1. The van der Waals surface area contributed by atoms with Crippen LogP contribution >= 0.6 is 0 Å². The first-order valence-electron chi connectivity index (χ1n) is 7.81. The van der Waals surface area contributed by atoms with Gasteiger partial charge in [-0.05, 0) is 25.7 Å². The van der Waals surface area contributed by atoms with E-state index in [1.807, 2.05) is 6.08 Å². The van der Waals surface area contributed by atoms with Crippen LogP contribution in [-0.4, -0.2) is 42.7 Å². The molecule has 0 atom stereocenters. The molecule has 0 aromatic carbocycles. The summed E-state index contributed by atoms with van der Waals surface area (Å²) in [5.74, 6) is 0. The summed E-state index contributed by atoms with van der Waals surface area (Å²) in [5, 5.41) is 4.29. The Hall–Kier alpha value is -1.18. The third kappa shape index (κ3) is 3.51. The smallest absolute Gasteiger partial charge is 0.247 e. The van der Waals surface area contributed by atoms with E-state index < -0.39 is 10.0 Å². The van der Waals surface area contributed by atoms with E-state index in [1.165, 1.54) is 9.88 Å². The van der Waals surface area contributed by atoms with Gasteiger partial charge in [0.25, 0.3) is 0 Å². The number of ether oxygens (including phenoxy) is 1. The quantitative estimate of drug-likeness (QED) is 0.789. The van der Waals surface area contributed by atoms with E-state index in [2.05, 4.69) is 25.9 Å². The van der Waals surface area contributed by atoms with Crippen molar-refractivity contribution in [2.75, 3.05) is 20.2 Å². The summed E-state index contributed by atoms with van der Waals surface area (Å²) in [4.78, 5) is 0.308. The predicted molar refractivity (Wildman–Crippen MR) is 89.6 cm³/mol.